The third-order valence-electron chi connectivity index (χ3n) is 3.27. The van der Waals surface area contributed by atoms with Crippen LogP contribution in [0.4, 0.5) is 4.39 Å². The Morgan fingerprint density at radius 3 is 2.70 bits per heavy atom. The smallest absolute Gasteiger partial charge is 0.330 e. The highest BCUT2D eigenvalue weighted by atomic mass is 19.2. The fourth-order valence-electron chi connectivity index (χ4n) is 2.10. The number of H-pyrrole nitrogens is 1. The lowest BCUT2D eigenvalue weighted by atomic mass is 10.1. The monoisotopic (exact) mass is 290 g/mol. The summed E-state index contributed by atoms with van der Waals surface area (Å²) in [6.45, 7) is 0.921. The number of aryl methyl sites for hydroxylation is 1. The molecule has 4 atom stereocenters. The molecule has 0 spiro atoms. The van der Waals surface area contributed by atoms with E-state index in [2.05, 4.69) is 0 Å². The molecule has 0 bridgehead atoms. The van der Waals surface area contributed by atoms with E-state index in [0.717, 1.165) is 6.20 Å². The van der Waals surface area contributed by atoms with Gasteiger partial charge in [0, 0.05) is 11.8 Å². The van der Waals surface area contributed by atoms with E-state index >= 15 is 0 Å². The van der Waals surface area contributed by atoms with Gasteiger partial charge in [0.25, 0.3) is 11.4 Å². The summed E-state index contributed by atoms with van der Waals surface area (Å²) in [6, 6.07) is 0. The van der Waals surface area contributed by atoms with Gasteiger partial charge in [-0.3, -0.25) is 14.3 Å². The van der Waals surface area contributed by atoms with Crippen molar-refractivity contribution in [3.8, 4) is 0 Å². The SMILES string of the molecule is CCc1cn([C@@H]2O[C@H](CO)[C@@H](O)[C@@]2(O)F)c(=O)[nH]c1=O. The van der Waals surface area contributed by atoms with Crippen LogP contribution >= 0.6 is 0 Å². The molecule has 0 radical (unpaired) electrons. The number of ether oxygens (including phenoxy) is 1. The van der Waals surface area contributed by atoms with Crippen molar-refractivity contribution < 1.29 is 24.4 Å². The van der Waals surface area contributed by atoms with Crippen LogP contribution in [0.2, 0.25) is 0 Å². The number of hydrogen-bond donors (Lipinski definition) is 4. The van der Waals surface area contributed by atoms with Gasteiger partial charge in [-0.1, -0.05) is 6.92 Å². The Morgan fingerprint density at radius 1 is 1.55 bits per heavy atom. The minimum absolute atomic E-state index is 0.186. The number of halogens is 1. The molecule has 1 saturated heterocycles. The van der Waals surface area contributed by atoms with E-state index in [4.69, 9.17) is 9.84 Å². The van der Waals surface area contributed by atoms with Crippen LogP contribution in [0.1, 0.15) is 18.7 Å². The van der Waals surface area contributed by atoms with Crippen LogP contribution < -0.4 is 11.2 Å². The molecule has 4 N–H and O–H groups in total. The summed E-state index contributed by atoms with van der Waals surface area (Å²) in [5, 5.41) is 28.1. The van der Waals surface area contributed by atoms with Crippen molar-refractivity contribution in [3.05, 3.63) is 32.6 Å². The number of aliphatic hydroxyl groups excluding tert-OH is 2. The zero-order chi connectivity index (χ0) is 15.1. The molecule has 0 saturated carbocycles. The fourth-order valence-corrected chi connectivity index (χ4v) is 2.10. The normalized spacial score (nSPS) is 33.5. The van der Waals surface area contributed by atoms with E-state index in [1.165, 1.54) is 0 Å². The zero-order valence-electron chi connectivity index (χ0n) is 10.6. The lowest BCUT2D eigenvalue weighted by Gasteiger charge is -2.23. The number of hydrogen-bond acceptors (Lipinski definition) is 6. The Labute approximate surface area is 112 Å². The molecular formula is C11H15FN2O6. The van der Waals surface area contributed by atoms with E-state index in [9.17, 15) is 24.2 Å². The third-order valence-corrected chi connectivity index (χ3v) is 3.27. The molecular weight excluding hydrogens is 275 g/mol. The molecule has 1 aliphatic heterocycles. The second-order valence-electron chi connectivity index (χ2n) is 4.56. The molecule has 20 heavy (non-hydrogen) atoms. The summed E-state index contributed by atoms with van der Waals surface area (Å²) in [5.41, 5.74) is -1.42. The molecule has 9 heteroatoms. The van der Waals surface area contributed by atoms with E-state index in [-0.39, 0.29) is 12.0 Å². The number of aliphatic hydroxyl groups is 3. The first-order chi connectivity index (χ1) is 9.32. The molecule has 1 aliphatic rings. The number of aromatic nitrogens is 2. The Hall–Kier alpha value is -1.55. The molecule has 0 aromatic carbocycles. The molecule has 1 aromatic heterocycles. The van der Waals surface area contributed by atoms with Crippen molar-refractivity contribution in [3.63, 3.8) is 0 Å². The summed E-state index contributed by atoms with van der Waals surface area (Å²) in [6.07, 6.45) is -3.91. The lowest BCUT2D eigenvalue weighted by molar-refractivity contribution is -0.197. The van der Waals surface area contributed by atoms with Crippen LogP contribution in [0.3, 0.4) is 0 Å². The zero-order valence-corrected chi connectivity index (χ0v) is 10.6. The van der Waals surface area contributed by atoms with E-state index < -0.39 is 42.1 Å². The highest BCUT2D eigenvalue weighted by Crippen LogP contribution is 2.38. The highest BCUT2D eigenvalue weighted by molar-refractivity contribution is 5.06. The minimum Gasteiger partial charge on any atom is -0.394 e. The van der Waals surface area contributed by atoms with Crippen molar-refractivity contribution in [2.24, 2.45) is 0 Å². The van der Waals surface area contributed by atoms with Gasteiger partial charge in [0.05, 0.1) is 6.61 Å². The van der Waals surface area contributed by atoms with Gasteiger partial charge in [0.15, 0.2) is 6.23 Å². The largest absolute Gasteiger partial charge is 0.394 e. The van der Waals surface area contributed by atoms with Gasteiger partial charge in [0.1, 0.15) is 12.2 Å². The maximum atomic E-state index is 14.1. The van der Waals surface area contributed by atoms with Gasteiger partial charge in [-0.25, -0.2) is 9.18 Å². The Bertz CT molecular complexity index is 610. The maximum absolute atomic E-state index is 14.1. The quantitative estimate of drug-likeness (QED) is 0.511. The van der Waals surface area contributed by atoms with Gasteiger partial charge in [-0.2, -0.15) is 0 Å². The predicted octanol–water partition coefficient (Wildman–Crippen LogP) is -1.99. The van der Waals surface area contributed by atoms with Crippen molar-refractivity contribution in [1.29, 1.82) is 0 Å². The second-order valence-corrected chi connectivity index (χ2v) is 4.56. The van der Waals surface area contributed by atoms with Crippen molar-refractivity contribution in [2.45, 2.75) is 37.6 Å². The first-order valence-electron chi connectivity index (χ1n) is 6.02. The van der Waals surface area contributed by atoms with Crippen LogP contribution in [0.5, 0.6) is 0 Å². The molecule has 0 unspecified atom stereocenters. The van der Waals surface area contributed by atoms with E-state index in [1.54, 1.807) is 6.92 Å². The minimum atomic E-state index is -3.26. The Kier molecular flexibility index (Phi) is 3.78. The third kappa shape index (κ3) is 2.18. The molecule has 1 fully saturated rings. The molecule has 0 amide bonds. The second kappa shape index (κ2) is 5.09. The molecule has 2 rings (SSSR count). The molecule has 1 aromatic rings. The first kappa shape index (κ1) is 14.9. The topological polar surface area (TPSA) is 125 Å². The van der Waals surface area contributed by atoms with Gasteiger partial charge >= 0.3 is 5.69 Å². The van der Waals surface area contributed by atoms with Crippen molar-refractivity contribution in [2.75, 3.05) is 6.61 Å². The summed E-state index contributed by atoms with van der Waals surface area (Å²) < 4.78 is 19.7. The average Bonchev–Trinajstić information content (AvgIpc) is 2.62. The van der Waals surface area contributed by atoms with E-state index in [1.807, 2.05) is 4.98 Å². The fraction of sp³-hybridized carbons (Fsp3) is 0.636. The van der Waals surface area contributed by atoms with Crippen molar-refractivity contribution in [1.82, 2.24) is 9.55 Å². The predicted molar refractivity (Wildman–Crippen MR) is 63.8 cm³/mol. The number of aromatic amines is 1. The summed E-state index contributed by atoms with van der Waals surface area (Å²) in [7, 11) is 0. The number of rotatable bonds is 3. The summed E-state index contributed by atoms with van der Waals surface area (Å²) in [4.78, 5) is 25.1. The highest BCUT2D eigenvalue weighted by Gasteiger charge is 2.57. The standard InChI is InChI=1S/C11H15FN2O6/c1-2-5-3-14(10(18)13-8(5)17)9-11(12,19)7(16)6(4-15)20-9/h3,6-7,9,15-16,19H,2,4H2,1H3,(H,13,17,18)/t6-,7-,9-,11+/m1/s1. The number of alkyl halides is 1. The average molecular weight is 290 g/mol. The maximum Gasteiger partial charge on any atom is 0.330 e. The lowest BCUT2D eigenvalue weighted by Crippen LogP contribution is -2.46. The van der Waals surface area contributed by atoms with Crippen LogP contribution in [0.15, 0.2) is 15.8 Å². The van der Waals surface area contributed by atoms with Gasteiger partial charge in [0.2, 0.25) is 0 Å². The molecule has 2 heterocycles. The molecule has 112 valence electrons. The van der Waals surface area contributed by atoms with Crippen LogP contribution in [0.25, 0.3) is 0 Å². The van der Waals surface area contributed by atoms with Crippen LogP contribution in [0, 0.1) is 0 Å². The van der Waals surface area contributed by atoms with Crippen molar-refractivity contribution >= 4 is 0 Å². The van der Waals surface area contributed by atoms with Gasteiger partial charge in [-0.15, -0.1) is 0 Å². The summed E-state index contributed by atoms with van der Waals surface area (Å²) >= 11 is 0. The van der Waals surface area contributed by atoms with Gasteiger partial charge in [-0.05, 0) is 6.42 Å². The van der Waals surface area contributed by atoms with Crippen LogP contribution in [-0.2, 0) is 11.2 Å². The summed E-state index contributed by atoms with van der Waals surface area (Å²) in [5.74, 6) is -3.26. The molecule has 8 nitrogen and oxygen atoms in total. The molecule has 0 aliphatic carbocycles. The number of nitrogens with one attached hydrogen (secondary N) is 1. The van der Waals surface area contributed by atoms with Crippen LogP contribution in [-0.4, -0.2) is 49.5 Å². The number of nitrogens with zero attached hydrogens (tertiary/aromatic N) is 1. The Balaban J connectivity index is 2.52. The van der Waals surface area contributed by atoms with Gasteiger partial charge < -0.3 is 20.1 Å². The van der Waals surface area contributed by atoms with E-state index in [0.29, 0.717) is 4.57 Å². The first-order valence-corrected chi connectivity index (χ1v) is 6.02. The Morgan fingerprint density at radius 2 is 2.20 bits per heavy atom.